The normalized spacial score (nSPS) is 20.3. The van der Waals surface area contributed by atoms with Gasteiger partial charge in [-0.3, -0.25) is 4.21 Å². The van der Waals surface area contributed by atoms with E-state index in [1.54, 1.807) is 13.8 Å². The first-order valence-electron chi connectivity index (χ1n) is 5.58. The van der Waals surface area contributed by atoms with Gasteiger partial charge in [-0.25, -0.2) is 8.78 Å². The van der Waals surface area contributed by atoms with Crippen molar-refractivity contribution < 1.29 is 17.8 Å². The number of nitrogens with zero attached hydrogens (tertiary/aromatic N) is 1. The van der Waals surface area contributed by atoms with Crippen LogP contribution in [0, 0.1) is 11.6 Å². The molecule has 0 atom stereocenters. The SMILES string of the molecule is CC1(C)CC(S(C)(=O)(Cl)c2c(F)cccc2F)=NO1. The molecule has 0 amide bonds. The lowest BCUT2D eigenvalue weighted by atomic mass is 10.1. The quantitative estimate of drug-likeness (QED) is 0.745. The van der Waals surface area contributed by atoms with E-state index in [1.807, 2.05) is 0 Å². The Balaban J connectivity index is 2.62. The first-order chi connectivity index (χ1) is 8.52. The van der Waals surface area contributed by atoms with E-state index in [9.17, 15) is 13.0 Å². The van der Waals surface area contributed by atoms with Gasteiger partial charge in [-0.2, -0.15) is 0 Å². The number of rotatable bonds is 1. The van der Waals surface area contributed by atoms with Crippen molar-refractivity contribution in [2.45, 2.75) is 30.8 Å². The molecule has 1 aromatic rings. The monoisotopic (exact) mass is 309 g/mol. The van der Waals surface area contributed by atoms with E-state index >= 15 is 0 Å². The van der Waals surface area contributed by atoms with Crippen LogP contribution in [0.2, 0.25) is 0 Å². The summed E-state index contributed by atoms with van der Waals surface area (Å²) in [6.07, 6.45) is 1.25. The Kier molecular flexibility index (Phi) is 3.03. The first kappa shape index (κ1) is 14.4. The topological polar surface area (TPSA) is 38.7 Å². The summed E-state index contributed by atoms with van der Waals surface area (Å²) in [5, 5.41) is 3.64. The molecule has 1 heterocycles. The third-order valence-corrected chi connectivity index (χ3v) is 6.51. The molecule has 0 saturated heterocycles. The van der Waals surface area contributed by atoms with Crippen LogP contribution in [-0.2, 0) is 13.1 Å². The summed E-state index contributed by atoms with van der Waals surface area (Å²) in [5.41, 5.74) is -0.691. The Morgan fingerprint density at radius 3 is 2.32 bits per heavy atom. The van der Waals surface area contributed by atoms with Gasteiger partial charge in [0.25, 0.3) is 0 Å². The lowest BCUT2D eigenvalue weighted by molar-refractivity contribution is 0.0123. The summed E-state index contributed by atoms with van der Waals surface area (Å²) >= 11 is 0. The molecular weight excluding hydrogens is 296 g/mol. The van der Waals surface area contributed by atoms with E-state index in [4.69, 9.17) is 15.5 Å². The molecule has 0 N–H and O–H groups in total. The zero-order valence-electron chi connectivity index (χ0n) is 10.7. The molecule has 19 heavy (non-hydrogen) atoms. The van der Waals surface area contributed by atoms with Crippen molar-refractivity contribution in [3.05, 3.63) is 29.8 Å². The highest BCUT2D eigenvalue weighted by atomic mass is 35.7. The van der Waals surface area contributed by atoms with E-state index < -0.39 is 30.4 Å². The van der Waals surface area contributed by atoms with Gasteiger partial charge in [0.15, 0.2) is 0 Å². The van der Waals surface area contributed by atoms with Crippen molar-refractivity contribution in [2.24, 2.45) is 5.16 Å². The van der Waals surface area contributed by atoms with Gasteiger partial charge in [0, 0.05) is 21.0 Å². The standard InChI is InChI=1S/C12H14ClF2NO2S/c1-12(2)7-10(16-18-12)19(3,13,17)11-8(14)5-4-6-9(11)15/h4-6H,7H2,1-3H3. The predicted octanol–water partition coefficient (Wildman–Crippen LogP) is 3.44. The Bertz CT molecular complexity index is 616. The van der Waals surface area contributed by atoms with Crippen molar-refractivity contribution in [3.63, 3.8) is 0 Å². The van der Waals surface area contributed by atoms with Crippen LogP contribution in [0.4, 0.5) is 8.78 Å². The average molecular weight is 310 g/mol. The van der Waals surface area contributed by atoms with E-state index in [0.29, 0.717) is 0 Å². The summed E-state index contributed by atoms with van der Waals surface area (Å²) in [6.45, 7) is 3.45. The molecule has 0 fully saturated rings. The van der Waals surface area contributed by atoms with E-state index in [-0.39, 0.29) is 11.5 Å². The van der Waals surface area contributed by atoms with Gasteiger partial charge < -0.3 is 4.84 Å². The third kappa shape index (κ3) is 2.39. The average Bonchev–Trinajstić information content (AvgIpc) is 2.58. The van der Waals surface area contributed by atoms with Crippen LogP contribution in [0.5, 0.6) is 0 Å². The zero-order chi connectivity index (χ0) is 14.5. The van der Waals surface area contributed by atoms with Gasteiger partial charge in [-0.15, -0.1) is 0 Å². The molecule has 2 rings (SSSR count). The second-order valence-corrected chi connectivity index (χ2v) is 10.8. The molecule has 0 saturated carbocycles. The van der Waals surface area contributed by atoms with Crippen LogP contribution in [0.15, 0.2) is 28.3 Å². The summed E-state index contributed by atoms with van der Waals surface area (Å²) in [6, 6.07) is 3.21. The summed E-state index contributed by atoms with van der Waals surface area (Å²) in [4.78, 5) is 4.44. The molecule has 7 heteroatoms. The molecular formula is C12H14ClF2NO2S. The summed E-state index contributed by atoms with van der Waals surface area (Å²) < 4.78 is 40.7. The number of oxime groups is 1. The summed E-state index contributed by atoms with van der Waals surface area (Å²) in [7, 11) is 1.69. The van der Waals surface area contributed by atoms with Crippen molar-refractivity contribution in [1.82, 2.24) is 0 Å². The van der Waals surface area contributed by atoms with Gasteiger partial charge in [-0.05, 0) is 36.7 Å². The van der Waals surface area contributed by atoms with Gasteiger partial charge in [0.05, 0.1) is 0 Å². The molecule has 0 aliphatic carbocycles. The third-order valence-electron chi connectivity index (χ3n) is 2.90. The minimum absolute atomic E-state index is 0.0346. The molecule has 0 radical (unpaired) electrons. The molecule has 1 aromatic carbocycles. The smallest absolute Gasteiger partial charge is 0.143 e. The molecule has 0 unspecified atom stereocenters. The van der Waals surface area contributed by atoms with Gasteiger partial charge in [-0.1, -0.05) is 11.2 Å². The number of hydrogen-bond donors (Lipinski definition) is 0. The Labute approximate surface area is 114 Å². The van der Waals surface area contributed by atoms with Crippen LogP contribution in [0.1, 0.15) is 20.3 Å². The first-order valence-corrected chi connectivity index (χ1v) is 8.78. The fourth-order valence-electron chi connectivity index (χ4n) is 1.90. The maximum atomic E-state index is 13.8. The van der Waals surface area contributed by atoms with E-state index in [1.165, 1.54) is 6.07 Å². The molecule has 0 aromatic heterocycles. The second-order valence-electron chi connectivity index (χ2n) is 5.28. The fourth-order valence-corrected chi connectivity index (χ4v) is 4.74. The number of hydrogen-bond acceptors (Lipinski definition) is 3. The van der Waals surface area contributed by atoms with Crippen molar-refractivity contribution in [3.8, 4) is 0 Å². The summed E-state index contributed by atoms with van der Waals surface area (Å²) in [5.74, 6) is -1.91. The zero-order valence-corrected chi connectivity index (χ0v) is 12.3. The Morgan fingerprint density at radius 2 is 1.89 bits per heavy atom. The van der Waals surface area contributed by atoms with Crippen LogP contribution >= 0.6 is 10.7 Å². The highest BCUT2D eigenvalue weighted by Gasteiger charge is 2.47. The van der Waals surface area contributed by atoms with Crippen LogP contribution in [-0.4, -0.2) is 21.1 Å². The maximum Gasteiger partial charge on any atom is 0.143 e. The van der Waals surface area contributed by atoms with Crippen LogP contribution in [0.25, 0.3) is 0 Å². The van der Waals surface area contributed by atoms with Crippen LogP contribution < -0.4 is 0 Å². The lowest BCUT2D eigenvalue weighted by Crippen LogP contribution is -2.37. The molecule has 3 nitrogen and oxygen atoms in total. The minimum atomic E-state index is -4.43. The Morgan fingerprint density at radius 1 is 1.37 bits per heavy atom. The van der Waals surface area contributed by atoms with Gasteiger partial charge in [0.1, 0.15) is 27.2 Å². The molecule has 1 aliphatic rings. The van der Waals surface area contributed by atoms with E-state index in [2.05, 4.69) is 5.16 Å². The number of benzene rings is 1. The van der Waals surface area contributed by atoms with Crippen molar-refractivity contribution in [1.29, 1.82) is 0 Å². The van der Waals surface area contributed by atoms with Crippen LogP contribution in [0.3, 0.4) is 0 Å². The van der Waals surface area contributed by atoms with Crippen molar-refractivity contribution >= 4 is 24.0 Å². The number of halogens is 3. The highest BCUT2D eigenvalue weighted by Crippen LogP contribution is 2.46. The molecule has 106 valence electrons. The maximum absolute atomic E-state index is 13.8. The Hall–Kier alpha value is -1.01. The highest BCUT2D eigenvalue weighted by molar-refractivity contribution is 8.48. The van der Waals surface area contributed by atoms with Crippen molar-refractivity contribution in [2.75, 3.05) is 6.26 Å². The van der Waals surface area contributed by atoms with E-state index in [0.717, 1.165) is 18.4 Å². The lowest BCUT2D eigenvalue weighted by Gasteiger charge is -2.31. The molecule has 0 spiro atoms. The minimum Gasteiger partial charge on any atom is -0.389 e. The molecule has 0 bridgehead atoms. The second kappa shape index (κ2) is 3.99. The fraction of sp³-hybridized carbons (Fsp3) is 0.417. The van der Waals surface area contributed by atoms with Gasteiger partial charge >= 0.3 is 0 Å². The van der Waals surface area contributed by atoms with Gasteiger partial charge in [0.2, 0.25) is 0 Å². The predicted molar refractivity (Wildman–Crippen MR) is 71.8 cm³/mol. The largest absolute Gasteiger partial charge is 0.389 e. The molecule has 1 aliphatic heterocycles.